The summed E-state index contributed by atoms with van der Waals surface area (Å²) in [5.41, 5.74) is 5.20. The smallest absolute Gasteiger partial charge is 0.273 e. The monoisotopic (exact) mass is 463 g/mol. The molecule has 34 heavy (non-hydrogen) atoms. The fourth-order valence-corrected chi connectivity index (χ4v) is 4.69. The van der Waals surface area contributed by atoms with E-state index >= 15 is 0 Å². The molecule has 0 fully saturated rings. The number of aromatic hydroxyl groups is 1. The van der Waals surface area contributed by atoms with Crippen LogP contribution >= 0.6 is 0 Å². The third kappa shape index (κ3) is 4.11. The lowest BCUT2D eigenvalue weighted by Gasteiger charge is -2.27. The predicted octanol–water partition coefficient (Wildman–Crippen LogP) is 5.54. The number of unbranched alkanes of at least 4 members (excludes halogenated alkanes) is 1. The summed E-state index contributed by atoms with van der Waals surface area (Å²) >= 11 is 0. The van der Waals surface area contributed by atoms with E-state index in [1.165, 1.54) is 0 Å². The minimum absolute atomic E-state index is 0.0806. The number of aryl methyl sites for hydroxylation is 2. The Morgan fingerprint density at radius 3 is 2.50 bits per heavy atom. The molecular formula is C27H33N3O4. The number of phenolic OH excluding ortho intramolecular Hbond substituents is 1. The largest absolute Gasteiger partial charge is 0.507 e. The normalized spacial score (nSPS) is 15.0. The highest BCUT2D eigenvalue weighted by Gasteiger charge is 2.42. The Bertz CT molecular complexity index is 1200. The lowest BCUT2D eigenvalue weighted by Crippen LogP contribution is -2.30. The maximum Gasteiger partial charge on any atom is 0.273 e. The zero-order valence-corrected chi connectivity index (χ0v) is 20.6. The van der Waals surface area contributed by atoms with Gasteiger partial charge < -0.3 is 19.5 Å². The molecule has 2 heterocycles. The van der Waals surface area contributed by atoms with Crippen LogP contribution in [0.25, 0.3) is 11.3 Å². The van der Waals surface area contributed by atoms with E-state index in [9.17, 15) is 9.90 Å². The zero-order valence-electron chi connectivity index (χ0n) is 20.6. The molecule has 1 unspecified atom stereocenters. The number of carbonyl (C=O) groups is 1. The van der Waals surface area contributed by atoms with Crippen LogP contribution in [0.2, 0.25) is 0 Å². The van der Waals surface area contributed by atoms with Crippen molar-refractivity contribution in [1.82, 2.24) is 15.1 Å². The summed E-state index contributed by atoms with van der Waals surface area (Å²) in [5.74, 6) is 1.43. The van der Waals surface area contributed by atoms with E-state index in [-0.39, 0.29) is 17.7 Å². The summed E-state index contributed by atoms with van der Waals surface area (Å²) in [4.78, 5) is 15.4. The van der Waals surface area contributed by atoms with Crippen molar-refractivity contribution in [3.63, 3.8) is 0 Å². The Labute approximate surface area is 200 Å². The van der Waals surface area contributed by atoms with Gasteiger partial charge in [-0.3, -0.25) is 9.89 Å². The standard InChI is InChI=1S/C27H33N3O4/c1-6-9-12-30-25(18-10-11-20(33-7-2)21(15-18)34-8-3)22-23(28-29-24(22)27(30)32)19-14-16(4)13-17(5)26(19)31/h10-11,13-15,25,31H,6-9,12H2,1-5H3,(H,28,29). The highest BCUT2D eigenvalue weighted by Crippen LogP contribution is 2.46. The molecule has 2 aromatic carbocycles. The van der Waals surface area contributed by atoms with Crippen LogP contribution in [0.5, 0.6) is 17.2 Å². The molecule has 0 radical (unpaired) electrons. The maximum atomic E-state index is 13.5. The molecular weight excluding hydrogens is 430 g/mol. The first kappa shape index (κ1) is 23.7. The summed E-state index contributed by atoms with van der Waals surface area (Å²) in [6.07, 6.45) is 1.86. The Morgan fingerprint density at radius 1 is 1.06 bits per heavy atom. The molecule has 0 saturated carbocycles. The minimum atomic E-state index is -0.349. The van der Waals surface area contributed by atoms with Crippen LogP contribution in [-0.2, 0) is 0 Å². The number of amides is 1. The number of rotatable bonds is 9. The van der Waals surface area contributed by atoms with Gasteiger partial charge in [0, 0.05) is 17.7 Å². The van der Waals surface area contributed by atoms with E-state index in [1.54, 1.807) is 0 Å². The summed E-state index contributed by atoms with van der Waals surface area (Å²) in [6.45, 7) is 11.5. The molecule has 1 amide bonds. The number of aromatic nitrogens is 2. The summed E-state index contributed by atoms with van der Waals surface area (Å²) < 4.78 is 11.6. The quantitative estimate of drug-likeness (QED) is 0.435. The summed E-state index contributed by atoms with van der Waals surface area (Å²) in [7, 11) is 0. The fraction of sp³-hybridized carbons (Fsp3) is 0.407. The van der Waals surface area contributed by atoms with Gasteiger partial charge in [0.2, 0.25) is 0 Å². The Morgan fingerprint density at radius 2 is 1.79 bits per heavy atom. The maximum absolute atomic E-state index is 13.5. The van der Waals surface area contributed by atoms with Gasteiger partial charge in [-0.25, -0.2) is 0 Å². The van der Waals surface area contributed by atoms with Gasteiger partial charge in [0.1, 0.15) is 17.1 Å². The first-order chi connectivity index (χ1) is 16.4. The van der Waals surface area contributed by atoms with Crippen molar-refractivity contribution in [1.29, 1.82) is 0 Å². The Balaban J connectivity index is 1.90. The van der Waals surface area contributed by atoms with Crippen molar-refractivity contribution >= 4 is 5.91 Å². The number of H-pyrrole nitrogens is 1. The molecule has 0 aliphatic carbocycles. The van der Waals surface area contributed by atoms with Crippen molar-refractivity contribution in [2.75, 3.05) is 19.8 Å². The second-order valence-electron chi connectivity index (χ2n) is 8.67. The number of nitrogens with zero attached hydrogens (tertiary/aromatic N) is 2. The molecule has 1 aliphatic rings. The van der Waals surface area contributed by atoms with Crippen LogP contribution in [0.15, 0.2) is 30.3 Å². The third-order valence-electron chi connectivity index (χ3n) is 6.20. The fourth-order valence-electron chi connectivity index (χ4n) is 4.69. The van der Waals surface area contributed by atoms with Gasteiger partial charge in [0.05, 0.1) is 19.3 Å². The second-order valence-corrected chi connectivity index (χ2v) is 8.67. The molecule has 2 N–H and O–H groups in total. The molecule has 7 heteroatoms. The number of nitrogens with one attached hydrogen (secondary N) is 1. The first-order valence-electron chi connectivity index (χ1n) is 12.0. The molecule has 1 aliphatic heterocycles. The number of fused-ring (bicyclic) bond motifs is 1. The van der Waals surface area contributed by atoms with Gasteiger partial charge in [0.15, 0.2) is 11.5 Å². The minimum Gasteiger partial charge on any atom is -0.507 e. The van der Waals surface area contributed by atoms with Crippen LogP contribution in [0.4, 0.5) is 0 Å². The molecule has 3 aromatic rings. The number of phenols is 1. The van der Waals surface area contributed by atoms with Crippen LogP contribution in [0, 0.1) is 13.8 Å². The van der Waals surface area contributed by atoms with E-state index in [1.807, 2.05) is 62.9 Å². The highest BCUT2D eigenvalue weighted by molar-refractivity contribution is 6.00. The van der Waals surface area contributed by atoms with E-state index in [0.29, 0.717) is 48.2 Å². The molecule has 180 valence electrons. The lowest BCUT2D eigenvalue weighted by atomic mass is 9.93. The lowest BCUT2D eigenvalue weighted by molar-refractivity contribution is 0.0741. The highest BCUT2D eigenvalue weighted by atomic mass is 16.5. The van der Waals surface area contributed by atoms with Crippen LogP contribution in [0.3, 0.4) is 0 Å². The van der Waals surface area contributed by atoms with Gasteiger partial charge >= 0.3 is 0 Å². The van der Waals surface area contributed by atoms with Crippen LogP contribution in [-0.4, -0.2) is 45.9 Å². The van der Waals surface area contributed by atoms with Crippen molar-refractivity contribution in [2.24, 2.45) is 0 Å². The number of benzene rings is 2. The van der Waals surface area contributed by atoms with Crippen molar-refractivity contribution in [3.05, 3.63) is 58.3 Å². The van der Waals surface area contributed by atoms with E-state index in [0.717, 1.165) is 35.1 Å². The van der Waals surface area contributed by atoms with Crippen molar-refractivity contribution < 1.29 is 19.4 Å². The summed E-state index contributed by atoms with van der Waals surface area (Å²) in [6, 6.07) is 9.34. The molecule has 7 nitrogen and oxygen atoms in total. The zero-order chi connectivity index (χ0) is 24.4. The Kier molecular flexibility index (Phi) is 6.82. The van der Waals surface area contributed by atoms with Gasteiger partial charge in [-0.05, 0) is 69.0 Å². The van der Waals surface area contributed by atoms with Crippen LogP contribution in [0.1, 0.15) is 72.4 Å². The molecule has 0 bridgehead atoms. The van der Waals surface area contributed by atoms with E-state index in [4.69, 9.17) is 9.47 Å². The number of carbonyl (C=O) groups excluding carboxylic acids is 1. The number of aromatic amines is 1. The van der Waals surface area contributed by atoms with E-state index < -0.39 is 0 Å². The number of hydrogen-bond donors (Lipinski definition) is 2. The average Bonchev–Trinajstić information content (AvgIpc) is 3.35. The third-order valence-corrected chi connectivity index (χ3v) is 6.20. The van der Waals surface area contributed by atoms with Gasteiger partial charge in [-0.2, -0.15) is 5.10 Å². The molecule has 0 spiro atoms. The Hall–Kier alpha value is -3.48. The molecule has 0 saturated heterocycles. The topological polar surface area (TPSA) is 87.7 Å². The molecule has 1 aromatic heterocycles. The first-order valence-corrected chi connectivity index (χ1v) is 12.0. The SMILES string of the molecule is CCCCN1C(=O)c2[nH]nc(-c3cc(C)cc(C)c3O)c2C1c1ccc(OCC)c(OCC)c1. The van der Waals surface area contributed by atoms with Crippen LogP contribution < -0.4 is 9.47 Å². The van der Waals surface area contributed by atoms with Gasteiger partial charge in [-0.1, -0.05) is 25.5 Å². The number of ether oxygens (including phenoxy) is 2. The van der Waals surface area contributed by atoms with Crippen molar-refractivity contribution in [3.8, 4) is 28.5 Å². The molecule has 4 rings (SSSR count). The molecule has 1 atom stereocenters. The summed E-state index contributed by atoms with van der Waals surface area (Å²) in [5, 5.41) is 18.4. The average molecular weight is 464 g/mol. The van der Waals surface area contributed by atoms with Gasteiger partial charge in [0.25, 0.3) is 5.91 Å². The van der Waals surface area contributed by atoms with Gasteiger partial charge in [-0.15, -0.1) is 0 Å². The van der Waals surface area contributed by atoms with Crippen molar-refractivity contribution in [2.45, 2.75) is 53.5 Å². The predicted molar refractivity (Wildman–Crippen MR) is 132 cm³/mol. The number of hydrogen-bond acceptors (Lipinski definition) is 5. The van der Waals surface area contributed by atoms with E-state index in [2.05, 4.69) is 17.1 Å². The second kappa shape index (κ2) is 9.79.